The maximum Gasteiger partial charge on any atom is 0.258 e. The molecule has 1 amide bonds. The number of hydrogen-bond donors (Lipinski definition) is 2. The molecule has 0 spiro atoms. The van der Waals surface area contributed by atoms with E-state index in [2.05, 4.69) is 5.32 Å². The summed E-state index contributed by atoms with van der Waals surface area (Å²) >= 11 is 0. The summed E-state index contributed by atoms with van der Waals surface area (Å²) in [4.78, 5) is 12.0. The summed E-state index contributed by atoms with van der Waals surface area (Å²) in [5.74, 6) is -1.09. The van der Waals surface area contributed by atoms with Crippen molar-refractivity contribution in [1.29, 1.82) is 0 Å². The van der Waals surface area contributed by atoms with E-state index in [0.717, 1.165) is 5.56 Å². The molecule has 2 aromatic carbocycles. The van der Waals surface area contributed by atoms with Crippen molar-refractivity contribution in [2.24, 2.45) is 0 Å². The molecule has 2 aromatic rings. The van der Waals surface area contributed by atoms with E-state index in [1.165, 1.54) is 12.1 Å². The van der Waals surface area contributed by atoms with E-state index in [9.17, 15) is 14.3 Å². The molecule has 0 aromatic heterocycles. The molecule has 0 saturated carbocycles. The zero-order valence-electron chi connectivity index (χ0n) is 10.5. The molecule has 3 nitrogen and oxygen atoms in total. The van der Waals surface area contributed by atoms with Gasteiger partial charge in [-0.3, -0.25) is 4.79 Å². The lowest BCUT2D eigenvalue weighted by molar-refractivity contribution is 0.102. The minimum atomic E-state index is -0.565. The van der Waals surface area contributed by atoms with Gasteiger partial charge in [0.15, 0.2) is 0 Å². The lowest BCUT2D eigenvalue weighted by Crippen LogP contribution is -2.15. The maximum absolute atomic E-state index is 13.6. The number of carbonyl (C=O) groups is 1. The van der Waals surface area contributed by atoms with Gasteiger partial charge >= 0.3 is 0 Å². The molecule has 0 aliphatic carbocycles. The van der Waals surface area contributed by atoms with Crippen molar-refractivity contribution >= 4 is 11.6 Å². The summed E-state index contributed by atoms with van der Waals surface area (Å²) in [6, 6.07) is 11.2. The molecule has 2 N–H and O–H groups in total. The molecule has 19 heavy (non-hydrogen) atoms. The first-order valence-electron chi connectivity index (χ1n) is 5.88. The Labute approximate surface area is 110 Å². The van der Waals surface area contributed by atoms with Crippen LogP contribution in [0.15, 0.2) is 42.5 Å². The number of benzene rings is 2. The number of anilines is 1. The highest BCUT2D eigenvalue weighted by Crippen LogP contribution is 2.17. The van der Waals surface area contributed by atoms with Crippen LogP contribution in [-0.2, 0) is 6.61 Å². The Balaban J connectivity index is 2.28. The average Bonchev–Trinajstić information content (AvgIpc) is 2.42. The SMILES string of the molecule is Cc1ccc(F)c(C(=O)Nc2ccccc2CO)c1. The third-order valence-corrected chi connectivity index (χ3v) is 2.80. The van der Waals surface area contributed by atoms with Crippen molar-refractivity contribution in [3.63, 3.8) is 0 Å². The fraction of sp³-hybridized carbons (Fsp3) is 0.133. The molecule has 4 heteroatoms. The molecule has 0 unspecified atom stereocenters. The second-order valence-electron chi connectivity index (χ2n) is 4.25. The molecule has 2 rings (SSSR count). The standard InChI is InChI=1S/C15H14FNO2/c1-10-6-7-13(16)12(8-10)15(19)17-14-5-3-2-4-11(14)9-18/h2-8,18H,9H2,1H3,(H,17,19). The van der Waals surface area contributed by atoms with Crippen LogP contribution in [0.4, 0.5) is 10.1 Å². The van der Waals surface area contributed by atoms with Gasteiger partial charge in [-0.1, -0.05) is 29.8 Å². The molecular weight excluding hydrogens is 245 g/mol. The van der Waals surface area contributed by atoms with Gasteiger partial charge in [-0.15, -0.1) is 0 Å². The third-order valence-electron chi connectivity index (χ3n) is 2.80. The number of hydrogen-bond acceptors (Lipinski definition) is 2. The fourth-order valence-corrected chi connectivity index (χ4v) is 1.78. The first-order chi connectivity index (χ1) is 9.11. The van der Waals surface area contributed by atoms with E-state index in [1.54, 1.807) is 37.3 Å². The summed E-state index contributed by atoms with van der Waals surface area (Å²) in [6.45, 7) is 1.60. The van der Waals surface area contributed by atoms with Crippen molar-refractivity contribution in [2.45, 2.75) is 13.5 Å². The Morgan fingerprint density at radius 1 is 1.26 bits per heavy atom. The molecule has 0 aliphatic heterocycles. The number of aliphatic hydroxyl groups is 1. The monoisotopic (exact) mass is 259 g/mol. The van der Waals surface area contributed by atoms with Gasteiger partial charge in [-0.05, 0) is 25.1 Å². The van der Waals surface area contributed by atoms with Crippen LogP contribution >= 0.6 is 0 Å². The van der Waals surface area contributed by atoms with Gasteiger partial charge in [0.1, 0.15) is 5.82 Å². The van der Waals surface area contributed by atoms with Crippen molar-refractivity contribution in [2.75, 3.05) is 5.32 Å². The van der Waals surface area contributed by atoms with E-state index in [4.69, 9.17) is 0 Å². The van der Waals surface area contributed by atoms with E-state index in [0.29, 0.717) is 11.3 Å². The molecule has 0 heterocycles. The highest BCUT2D eigenvalue weighted by Gasteiger charge is 2.13. The first kappa shape index (κ1) is 13.2. The van der Waals surface area contributed by atoms with Crippen LogP contribution in [0.2, 0.25) is 0 Å². The van der Waals surface area contributed by atoms with Crippen LogP contribution in [0.3, 0.4) is 0 Å². The summed E-state index contributed by atoms with van der Waals surface area (Å²) < 4.78 is 13.6. The van der Waals surface area contributed by atoms with Gasteiger partial charge in [-0.25, -0.2) is 4.39 Å². The van der Waals surface area contributed by atoms with E-state index >= 15 is 0 Å². The molecule has 98 valence electrons. The average molecular weight is 259 g/mol. The smallest absolute Gasteiger partial charge is 0.258 e. The number of para-hydroxylation sites is 1. The molecule has 0 fully saturated rings. The number of nitrogens with one attached hydrogen (secondary N) is 1. The number of aryl methyl sites for hydroxylation is 1. The topological polar surface area (TPSA) is 49.3 Å². The Morgan fingerprint density at radius 2 is 2.00 bits per heavy atom. The van der Waals surface area contributed by atoms with Crippen LogP contribution in [0.25, 0.3) is 0 Å². The van der Waals surface area contributed by atoms with Crippen LogP contribution in [0, 0.1) is 12.7 Å². The van der Waals surface area contributed by atoms with Gasteiger partial charge in [0.2, 0.25) is 0 Å². The van der Waals surface area contributed by atoms with Crippen molar-refractivity contribution in [3.8, 4) is 0 Å². The van der Waals surface area contributed by atoms with Crippen molar-refractivity contribution < 1.29 is 14.3 Å². The highest BCUT2D eigenvalue weighted by molar-refractivity contribution is 6.04. The van der Waals surface area contributed by atoms with Crippen LogP contribution in [0.1, 0.15) is 21.5 Å². The van der Waals surface area contributed by atoms with Gasteiger partial charge in [-0.2, -0.15) is 0 Å². The molecule has 0 saturated heterocycles. The minimum absolute atomic E-state index is 0.00672. The third kappa shape index (κ3) is 2.98. The van der Waals surface area contributed by atoms with Gasteiger partial charge in [0, 0.05) is 11.3 Å². The summed E-state index contributed by atoms with van der Waals surface area (Å²) in [5.41, 5.74) is 1.87. The highest BCUT2D eigenvalue weighted by atomic mass is 19.1. The lowest BCUT2D eigenvalue weighted by Gasteiger charge is -2.10. The zero-order valence-corrected chi connectivity index (χ0v) is 10.5. The van der Waals surface area contributed by atoms with Gasteiger partial charge in [0.25, 0.3) is 5.91 Å². The zero-order chi connectivity index (χ0) is 13.8. The Bertz CT molecular complexity index is 611. The minimum Gasteiger partial charge on any atom is -0.392 e. The number of rotatable bonds is 3. The summed E-state index contributed by atoms with van der Waals surface area (Å²) in [7, 11) is 0. The maximum atomic E-state index is 13.6. The van der Waals surface area contributed by atoms with E-state index < -0.39 is 11.7 Å². The van der Waals surface area contributed by atoms with Crippen molar-refractivity contribution in [3.05, 3.63) is 65.0 Å². The van der Waals surface area contributed by atoms with Gasteiger partial charge < -0.3 is 10.4 Å². The quantitative estimate of drug-likeness (QED) is 0.890. The van der Waals surface area contributed by atoms with E-state index in [1.807, 2.05) is 0 Å². The number of aliphatic hydroxyl groups excluding tert-OH is 1. The Kier molecular flexibility index (Phi) is 3.92. The predicted octanol–water partition coefficient (Wildman–Crippen LogP) is 2.88. The largest absolute Gasteiger partial charge is 0.392 e. The molecule has 0 aliphatic rings. The molecule has 0 bridgehead atoms. The summed E-state index contributed by atoms with van der Waals surface area (Å²) in [5, 5.41) is 11.8. The van der Waals surface area contributed by atoms with Crippen molar-refractivity contribution in [1.82, 2.24) is 0 Å². The number of carbonyl (C=O) groups excluding carboxylic acids is 1. The first-order valence-corrected chi connectivity index (χ1v) is 5.88. The number of halogens is 1. The second kappa shape index (κ2) is 5.63. The fourth-order valence-electron chi connectivity index (χ4n) is 1.78. The van der Waals surface area contributed by atoms with Crippen LogP contribution in [-0.4, -0.2) is 11.0 Å². The molecular formula is C15H14FNO2. The Morgan fingerprint density at radius 3 is 2.74 bits per heavy atom. The molecule has 0 radical (unpaired) electrons. The van der Waals surface area contributed by atoms with Crippen LogP contribution in [0.5, 0.6) is 0 Å². The van der Waals surface area contributed by atoms with E-state index in [-0.39, 0.29) is 12.2 Å². The van der Waals surface area contributed by atoms with Crippen LogP contribution < -0.4 is 5.32 Å². The Hall–Kier alpha value is -2.20. The normalized spacial score (nSPS) is 10.3. The predicted molar refractivity (Wildman–Crippen MR) is 71.5 cm³/mol. The molecule has 0 atom stereocenters. The lowest BCUT2D eigenvalue weighted by atomic mass is 10.1. The number of amides is 1. The van der Waals surface area contributed by atoms with Gasteiger partial charge in [0.05, 0.1) is 12.2 Å². The summed E-state index contributed by atoms with van der Waals surface area (Å²) in [6.07, 6.45) is 0. The second-order valence-corrected chi connectivity index (χ2v) is 4.25.